The Bertz CT molecular complexity index is 200. The van der Waals surface area contributed by atoms with Gasteiger partial charge in [0.2, 0.25) is 5.91 Å². The molecule has 0 saturated carbocycles. The highest BCUT2D eigenvalue weighted by Gasteiger charge is 2.16. The maximum absolute atomic E-state index is 10.7. The minimum absolute atomic E-state index is 0.529. The molecule has 5 nitrogen and oxygen atoms in total. The maximum atomic E-state index is 10.7. The second-order valence-corrected chi connectivity index (χ2v) is 2.08. The molecule has 3 N–H and O–H groups in total. The summed E-state index contributed by atoms with van der Waals surface area (Å²) >= 11 is 0. The third-order valence-corrected chi connectivity index (χ3v) is 1.12. The largest absolute Gasteiger partial charge is 0.480 e. The lowest BCUT2D eigenvalue weighted by Crippen LogP contribution is -2.42. The molecule has 0 unspecified atom stereocenters. The topological polar surface area (TPSA) is 86.6 Å². The van der Waals surface area contributed by atoms with Crippen LogP contribution in [-0.4, -0.2) is 34.7 Å². The molecule has 0 aromatic heterocycles. The Morgan fingerprint density at radius 1 is 1.58 bits per heavy atom. The van der Waals surface area contributed by atoms with Gasteiger partial charge in [0.1, 0.15) is 0 Å². The molecule has 0 fully saturated rings. The number of aliphatic hydroxyl groups excluding tert-OH is 1. The van der Waals surface area contributed by atoms with Crippen LogP contribution in [0.5, 0.6) is 0 Å². The number of carboxylic acids is 1. The summed E-state index contributed by atoms with van der Waals surface area (Å²) in [6.07, 6.45) is 2.66. The highest BCUT2D eigenvalue weighted by Crippen LogP contribution is 1.83. The molecule has 0 rings (SSSR count). The van der Waals surface area contributed by atoms with E-state index in [2.05, 4.69) is 5.32 Å². The third-order valence-electron chi connectivity index (χ3n) is 1.12. The van der Waals surface area contributed by atoms with Crippen LogP contribution in [0.25, 0.3) is 0 Å². The number of carbonyl (C=O) groups excluding carboxylic acids is 1. The SMILES string of the molecule is C/C=C/C(=O)N[C@H](CO)C(=O)O. The number of rotatable bonds is 4. The molecule has 5 heteroatoms. The molecule has 0 aliphatic heterocycles. The van der Waals surface area contributed by atoms with Crippen molar-refractivity contribution in [2.24, 2.45) is 0 Å². The van der Waals surface area contributed by atoms with Crippen molar-refractivity contribution < 1.29 is 19.8 Å². The maximum Gasteiger partial charge on any atom is 0.328 e. The molecule has 1 atom stereocenters. The lowest BCUT2D eigenvalue weighted by molar-refractivity contribution is -0.142. The smallest absolute Gasteiger partial charge is 0.328 e. The number of carboxylic acid groups (broad SMARTS) is 1. The Morgan fingerprint density at radius 2 is 2.17 bits per heavy atom. The zero-order chi connectivity index (χ0) is 9.56. The Balaban J connectivity index is 4.03. The van der Waals surface area contributed by atoms with E-state index in [1.165, 1.54) is 12.2 Å². The van der Waals surface area contributed by atoms with Gasteiger partial charge in [-0.2, -0.15) is 0 Å². The highest BCUT2D eigenvalue weighted by atomic mass is 16.4. The van der Waals surface area contributed by atoms with Gasteiger partial charge in [0.05, 0.1) is 6.61 Å². The molecule has 1 amide bonds. The van der Waals surface area contributed by atoms with Crippen molar-refractivity contribution in [2.45, 2.75) is 13.0 Å². The van der Waals surface area contributed by atoms with Crippen LogP contribution in [0.15, 0.2) is 12.2 Å². The Kier molecular flexibility index (Phi) is 4.71. The fraction of sp³-hybridized carbons (Fsp3) is 0.429. The summed E-state index contributed by atoms with van der Waals surface area (Å²) < 4.78 is 0. The van der Waals surface area contributed by atoms with Gasteiger partial charge in [-0.15, -0.1) is 0 Å². The molecule has 0 bridgehead atoms. The van der Waals surface area contributed by atoms with Crippen LogP contribution < -0.4 is 5.32 Å². The minimum Gasteiger partial charge on any atom is -0.480 e. The summed E-state index contributed by atoms with van der Waals surface area (Å²) in [5, 5.41) is 19.0. The normalized spacial score (nSPS) is 12.8. The summed E-state index contributed by atoms with van der Waals surface area (Å²) in [7, 11) is 0. The van der Waals surface area contributed by atoms with Gasteiger partial charge in [0.15, 0.2) is 6.04 Å². The lowest BCUT2D eigenvalue weighted by Gasteiger charge is -2.08. The first kappa shape index (κ1) is 10.6. The van der Waals surface area contributed by atoms with Gasteiger partial charge in [-0.1, -0.05) is 6.08 Å². The molecule has 0 radical (unpaired) electrons. The van der Waals surface area contributed by atoms with Crippen LogP contribution in [-0.2, 0) is 9.59 Å². The number of hydrogen-bond donors (Lipinski definition) is 3. The van der Waals surface area contributed by atoms with Crippen LogP contribution in [0.1, 0.15) is 6.92 Å². The summed E-state index contributed by atoms with van der Waals surface area (Å²) in [6.45, 7) is 1.02. The van der Waals surface area contributed by atoms with Crippen LogP contribution in [0.4, 0.5) is 0 Å². The van der Waals surface area contributed by atoms with Crippen LogP contribution in [0.3, 0.4) is 0 Å². The Labute approximate surface area is 69.7 Å². The van der Waals surface area contributed by atoms with E-state index in [1.54, 1.807) is 6.92 Å². The number of aliphatic hydroxyl groups is 1. The number of nitrogens with one attached hydrogen (secondary N) is 1. The molecule has 0 aliphatic carbocycles. The monoisotopic (exact) mass is 173 g/mol. The van der Waals surface area contributed by atoms with E-state index in [4.69, 9.17) is 10.2 Å². The molecule has 0 aromatic carbocycles. The molecule has 0 saturated heterocycles. The molecule has 0 aromatic rings. The van der Waals surface area contributed by atoms with Crippen molar-refractivity contribution in [1.82, 2.24) is 5.32 Å². The molecule has 12 heavy (non-hydrogen) atoms. The van der Waals surface area contributed by atoms with E-state index in [0.29, 0.717) is 0 Å². The van der Waals surface area contributed by atoms with E-state index < -0.39 is 24.5 Å². The van der Waals surface area contributed by atoms with Crippen LogP contribution >= 0.6 is 0 Å². The van der Waals surface area contributed by atoms with Crippen molar-refractivity contribution in [3.63, 3.8) is 0 Å². The Morgan fingerprint density at radius 3 is 2.50 bits per heavy atom. The summed E-state index contributed by atoms with van der Waals surface area (Å²) in [4.78, 5) is 21.0. The van der Waals surface area contributed by atoms with Crippen LogP contribution in [0, 0.1) is 0 Å². The average Bonchev–Trinajstić information content (AvgIpc) is 2.00. The molecule has 68 valence electrons. The van der Waals surface area contributed by atoms with Gasteiger partial charge in [0.25, 0.3) is 0 Å². The predicted molar refractivity (Wildman–Crippen MR) is 41.5 cm³/mol. The van der Waals surface area contributed by atoms with E-state index in [9.17, 15) is 9.59 Å². The zero-order valence-electron chi connectivity index (χ0n) is 6.65. The minimum atomic E-state index is -1.25. The average molecular weight is 173 g/mol. The first-order chi connectivity index (χ1) is 5.61. The van der Waals surface area contributed by atoms with E-state index >= 15 is 0 Å². The van der Waals surface area contributed by atoms with Crippen molar-refractivity contribution in [3.8, 4) is 0 Å². The molecular weight excluding hydrogens is 162 g/mol. The van der Waals surface area contributed by atoms with Crippen molar-refractivity contribution in [3.05, 3.63) is 12.2 Å². The van der Waals surface area contributed by atoms with Crippen molar-refractivity contribution in [1.29, 1.82) is 0 Å². The van der Waals surface area contributed by atoms with E-state index in [1.807, 2.05) is 0 Å². The quantitative estimate of drug-likeness (QED) is 0.482. The van der Waals surface area contributed by atoms with Crippen molar-refractivity contribution in [2.75, 3.05) is 6.61 Å². The number of carbonyl (C=O) groups is 2. The summed E-state index contributed by atoms with van der Waals surface area (Å²) in [5.41, 5.74) is 0. The molecule has 0 aliphatic rings. The first-order valence-corrected chi connectivity index (χ1v) is 3.38. The first-order valence-electron chi connectivity index (χ1n) is 3.38. The predicted octanol–water partition coefficient (Wildman–Crippen LogP) is -0.876. The van der Waals surface area contributed by atoms with E-state index in [0.717, 1.165) is 0 Å². The molecule has 0 spiro atoms. The number of amides is 1. The summed E-state index contributed by atoms with van der Waals surface area (Å²) in [6, 6.07) is -1.23. The second-order valence-electron chi connectivity index (χ2n) is 2.08. The molecular formula is C7H11NO4. The van der Waals surface area contributed by atoms with Crippen LogP contribution in [0.2, 0.25) is 0 Å². The van der Waals surface area contributed by atoms with Gasteiger partial charge < -0.3 is 15.5 Å². The van der Waals surface area contributed by atoms with Crippen molar-refractivity contribution >= 4 is 11.9 Å². The fourth-order valence-electron chi connectivity index (χ4n) is 0.557. The fourth-order valence-corrected chi connectivity index (χ4v) is 0.557. The Hall–Kier alpha value is -1.36. The van der Waals surface area contributed by atoms with Gasteiger partial charge in [-0.3, -0.25) is 4.79 Å². The standard InChI is InChI=1S/C7H11NO4/c1-2-3-6(10)8-5(4-9)7(11)12/h2-3,5,9H,4H2,1H3,(H,8,10)(H,11,12)/b3-2+/t5-/m1/s1. The van der Waals surface area contributed by atoms with Gasteiger partial charge in [-0.25, -0.2) is 4.79 Å². The van der Waals surface area contributed by atoms with Gasteiger partial charge in [-0.05, 0) is 13.0 Å². The third kappa shape index (κ3) is 3.72. The van der Waals surface area contributed by atoms with Gasteiger partial charge >= 0.3 is 5.97 Å². The lowest BCUT2D eigenvalue weighted by atomic mass is 10.3. The number of aliphatic carboxylic acids is 1. The summed E-state index contributed by atoms with van der Waals surface area (Å²) in [5.74, 6) is -1.78. The molecule has 0 heterocycles. The number of hydrogen-bond acceptors (Lipinski definition) is 3. The second kappa shape index (κ2) is 5.31. The highest BCUT2D eigenvalue weighted by molar-refractivity contribution is 5.91. The van der Waals surface area contributed by atoms with Gasteiger partial charge in [0, 0.05) is 0 Å². The van der Waals surface area contributed by atoms with E-state index in [-0.39, 0.29) is 0 Å². The number of allylic oxidation sites excluding steroid dienone is 1. The zero-order valence-corrected chi connectivity index (χ0v) is 6.65.